The molecule has 0 heterocycles. The molecule has 1 aromatic carbocycles. The molecule has 1 fully saturated rings. The summed E-state index contributed by atoms with van der Waals surface area (Å²) in [6.07, 6.45) is 1.40. The number of hydrogen-bond acceptors (Lipinski definition) is 3. The third-order valence-electron chi connectivity index (χ3n) is 4.27. The summed E-state index contributed by atoms with van der Waals surface area (Å²) in [5, 5.41) is 12.2. The average Bonchev–Trinajstić information content (AvgIpc) is 3.19. The Hall–Kier alpha value is -1.39. The highest BCUT2D eigenvalue weighted by atomic mass is 16.5. The normalized spacial score (nSPS) is 23.4. The van der Waals surface area contributed by atoms with Gasteiger partial charge in [-0.05, 0) is 43.7 Å². The van der Waals surface area contributed by atoms with Gasteiger partial charge in [-0.15, -0.1) is 0 Å². The Morgan fingerprint density at radius 1 is 1.48 bits per heavy atom. The number of aliphatic hydroxyl groups is 1. The Bertz CT molecular complexity index is 495. The SMILES string of the molecule is COCC(C)(CCO)NC(=O)C1CC1c1ccccc1C. The van der Waals surface area contributed by atoms with Crippen LogP contribution in [0.4, 0.5) is 0 Å². The van der Waals surface area contributed by atoms with Crippen LogP contribution < -0.4 is 5.32 Å². The number of ether oxygens (including phenoxy) is 1. The molecule has 21 heavy (non-hydrogen) atoms. The molecule has 116 valence electrons. The number of carbonyl (C=O) groups is 1. The van der Waals surface area contributed by atoms with Crippen molar-refractivity contribution in [3.05, 3.63) is 35.4 Å². The first-order chi connectivity index (χ1) is 10.0. The Kier molecular flexibility index (Phi) is 5.01. The molecule has 0 bridgehead atoms. The summed E-state index contributed by atoms with van der Waals surface area (Å²) >= 11 is 0. The molecule has 0 radical (unpaired) electrons. The van der Waals surface area contributed by atoms with Crippen molar-refractivity contribution in [2.24, 2.45) is 5.92 Å². The molecule has 0 aromatic heterocycles. The van der Waals surface area contributed by atoms with Gasteiger partial charge in [-0.2, -0.15) is 0 Å². The van der Waals surface area contributed by atoms with Crippen molar-refractivity contribution in [3.63, 3.8) is 0 Å². The second kappa shape index (κ2) is 6.58. The maximum atomic E-state index is 12.4. The zero-order valence-corrected chi connectivity index (χ0v) is 13.1. The quantitative estimate of drug-likeness (QED) is 0.808. The van der Waals surface area contributed by atoms with E-state index in [1.165, 1.54) is 11.1 Å². The monoisotopic (exact) mass is 291 g/mol. The van der Waals surface area contributed by atoms with E-state index in [1.807, 2.05) is 19.1 Å². The lowest BCUT2D eigenvalue weighted by Crippen LogP contribution is -2.50. The smallest absolute Gasteiger partial charge is 0.224 e. The fraction of sp³-hybridized carbons (Fsp3) is 0.588. The summed E-state index contributed by atoms with van der Waals surface area (Å²) < 4.78 is 5.17. The van der Waals surface area contributed by atoms with Crippen LogP contribution in [0.15, 0.2) is 24.3 Å². The predicted octanol–water partition coefficient (Wildman–Crippen LogP) is 2.00. The minimum atomic E-state index is -0.501. The maximum absolute atomic E-state index is 12.4. The molecule has 3 unspecified atom stereocenters. The summed E-state index contributed by atoms with van der Waals surface area (Å²) in [4.78, 5) is 12.4. The van der Waals surface area contributed by atoms with Crippen molar-refractivity contribution in [2.75, 3.05) is 20.3 Å². The second-order valence-corrected chi connectivity index (χ2v) is 6.26. The molecule has 1 aliphatic carbocycles. The van der Waals surface area contributed by atoms with Gasteiger partial charge in [0, 0.05) is 19.6 Å². The van der Waals surface area contributed by atoms with Crippen molar-refractivity contribution < 1.29 is 14.6 Å². The zero-order chi connectivity index (χ0) is 15.5. The van der Waals surface area contributed by atoms with Gasteiger partial charge in [0.25, 0.3) is 0 Å². The molecule has 0 spiro atoms. The van der Waals surface area contributed by atoms with Crippen molar-refractivity contribution in [1.29, 1.82) is 0 Å². The van der Waals surface area contributed by atoms with Crippen molar-refractivity contribution in [3.8, 4) is 0 Å². The average molecular weight is 291 g/mol. The third-order valence-corrected chi connectivity index (χ3v) is 4.27. The Balaban J connectivity index is 1.98. The van der Waals surface area contributed by atoms with E-state index >= 15 is 0 Å². The number of hydrogen-bond donors (Lipinski definition) is 2. The van der Waals surface area contributed by atoms with Crippen LogP contribution in [0.2, 0.25) is 0 Å². The summed E-state index contributed by atoms with van der Waals surface area (Å²) in [5.74, 6) is 0.435. The molecule has 2 N–H and O–H groups in total. The summed E-state index contributed by atoms with van der Waals surface area (Å²) in [5.41, 5.74) is 2.01. The van der Waals surface area contributed by atoms with Gasteiger partial charge in [-0.25, -0.2) is 0 Å². The van der Waals surface area contributed by atoms with E-state index in [1.54, 1.807) is 7.11 Å². The van der Waals surface area contributed by atoms with Crippen LogP contribution in [-0.4, -0.2) is 36.9 Å². The Labute approximate surface area is 126 Å². The minimum Gasteiger partial charge on any atom is -0.396 e. The molecule has 1 aliphatic rings. The number of nitrogens with one attached hydrogen (secondary N) is 1. The Morgan fingerprint density at radius 2 is 2.19 bits per heavy atom. The first-order valence-corrected chi connectivity index (χ1v) is 7.48. The number of benzene rings is 1. The molecule has 2 rings (SSSR count). The number of rotatable bonds is 7. The predicted molar refractivity (Wildman–Crippen MR) is 82.2 cm³/mol. The van der Waals surface area contributed by atoms with Crippen molar-refractivity contribution >= 4 is 5.91 Å². The van der Waals surface area contributed by atoms with Gasteiger partial charge in [0.2, 0.25) is 5.91 Å². The van der Waals surface area contributed by atoms with E-state index in [9.17, 15) is 4.79 Å². The molecular formula is C17H25NO3. The molecule has 4 heteroatoms. The molecule has 0 aliphatic heterocycles. The molecule has 1 saturated carbocycles. The number of carbonyl (C=O) groups excluding carboxylic acids is 1. The van der Waals surface area contributed by atoms with Crippen molar-refractivity contribution in [2.45, 2.75) is 38.1 Å². The maximum Gasteiger partial charge on any atom is 0.224 e. The number of methoxy groups -OCH3 is 1. The van der Waals surface area contributed by atoms with E-state index in [0.717, 1.165) is 6.42 Å². The van der Waals surface area contributed by atoms with Gasteiger partial charge < -0.3 is 15.2 Å². The van der Waals surface area contributed by atoms with E-state index in [4.69, 9.17) is 9.84 Å². The number of aliphatic hydroxyl groups excluding tert-OH is 1. The van der Waals surface area contributed by atoms with Crippen LogP contribution in [0, 0.1) is 12.8 Å². The highest BCUT2D eigenvalue weighted by Crippen LogP contribution is 2.48. The zero-order valence-electron chi connectivity index (χ0n) is 13.1. The van der Waals surface area contributed by atoms with E-state index < -0.39 is 5.54 Å². The van der Waals surface area contributed by atoms with Gasteiger partial charge in [0.15, 0.2) is 0 Å². The van der Waals surface area contributed by atoms with Gasteiger partial charge in [0.1, 0.15) is 0 Å². The molecular weight excluding hydrogens is 266 g/mol. The second-order valence-electron chi connectivity index (χ2n) is 6.26. The van der Waals surface area contributed by atoms with Crippen LogP contribution in [0.1, 0.15) is 36.8 Å². The van der Waals surface area contributed by atoms with Crippen LogP contribution in [0.25, 0.3) is 0 Å². The van der Waals surface area contributed by atoms with Gasteiger partial charge in [-0.1, -0.05) is 24.3 Å². The number of amides is 1. The van der Waals surface area contributed by atoms with Crippen LogP contribution in [-0.2, 0) is 9.53 Å². The van der Waals surface area contributed by atoms with Crippen LogP contribution in [0.5, 0.6) is 0 Å². The fourth-order valence-electron chi connectivity index (χ4n) is 2.96. The topological polar surface area (TPSA) is 58.6 Å². The van der Waals surface area contributed by atoms with Crippen molar-refractivity contribution in [1.82, 2.24) is 5.32 Å². The lowest BCUT2D eigenvalue weighted by molar-refractivity contribution is -0.125. The summed E-state index contributed by atoms with van der Waals surface area (Å²) in [6, 6.07) is 8.24. The van der Waals surface area contributed by atoms with Crippen LogP contribution in [0.3, 0.4) is 0 Å². The first-order valence-electron chi connectivity index (χ1n) is 7.48. The minimum absolute atomic E-state index is 0.0338. The van der Waals surface area contributed by atoms with Gasteiger partial charge >= 0.3 is 0 Å². The summed E-state index contributed by atoms with van der Waals surface area (Å²) in [6.45, 7) is 4.44. The van der Waals surface area contributed by atoms with Crippen LogP contribution >= 0.6 is 0 Å². The van der Waals surface area contributed by atoms with E-state index in [0.29, 0.717) is 18.9 Å². The standard InChI is InChI=1S/C17H25NO3/c1-12-6-4-5-7-13(12)14-10-15(14)16(20)18-17(2,8-9-19)11-21-3/h4-7,14-15,19H,8-11H2,1-3H3,(H,18,20). The lowest BCUT2D eigenvalue weighted by Gasteiger charge is -2.29. The lowest BCUT2D eigenvalue weighted by atomic mass is 9.98. The molecule has 0 saturated heterocycles. The highest BCUT2D eigenvalue weighted by molar-refractivity contribution is 5.83. The molecule has 4 nitrogen and oxygen atoms in total. The Morgan fingerprint density at radius 3 is 2.81 bits per heavy atom. The van der Waals surface area contributed by atoms with Gasteiger partial charge in [-0.3, -0.25) is 4.79 Å². The largest absolute Gasteiger partial charge is 0.396 e. The third kappa shape index (κ3) is 3.83. The van der Waals surface area contributed by atoms with Gasteiger partial charge in [0.05, 0.1) is 12.1 Å². The number of aryl methyl sites for hydroxylation is 1. The highest BCUT2D eigenvalue weighted by Gasteiger charge is 2.45. The molecule has 1 amide bonds. The fourth-order valence-corrected chi connectivity index (χ4v) is 2.96. The molecule has 1 aromatic rings. The summed E-state index contributed by atoms with van der Waals surface area (Å²) in [7, 11) is 1.61. The van der Waals surface area contributed by atoms with E-state index in [2.05, 4.69) is 24.4 Å². The molecule has 3 atom stereocenters. The first kappa shape index (κ1) is 16.0. The van der Waals surface area contributed by atoms with E-state index in [-0.39, 0.29) is 18.4 Å².